The van der Waals surface area contributed by atoms with Crippen LogP contribution in [0.3, 0.4) is 0 Å². The van der Waals surface area contributed by atoms with E-state index < -0.39 is 10.0 Å². The normalized spacial score (nSPS) is 24.7. The monoisotopic (exact) mass is 236 g/mol. The van der Waals surface area contributed by atoms with Crippen molar-refractivity contribution in [3.8, 4) is 0 Å². The van der Waals surface area contributed by atoms with Gasteiger partial charge in [0.15, 0.2) is 0 Å². The summed E-state index contributed by atoms with van der Waals surface area (Å²) in [4.78, 5) is 0. The number of nitrogens with two attached hydrogens (primary N) is 1. The van der Waals surface area contributed by atoms with Gasteiger partial charge in [0.1, 0.15) is 0 Å². The van der Waals surface area contributed by atoms with Crippen LogP contribution in [0, 0.1) is 5.92 Å². The van der Waals surface area contributed by atoms with E-state index in [9.17, 15) is 8.42 Å². The first-order valence-corrected chi connectivity index (χ1v) is 6.82. The lowest BCUT2D eigenvalue weighted by molar-refractivity contribution is 0.188. The molecular formula is C9H20N2O3S. The van der Waals surface area contributed by atoms with Crippen LogP contribution < -0.4 is 5.73 Å². The molecule has 0 aromatic heterocycles. The summed E-state index contributed by atoms with van der Waals surface area (Å²) in [5.41, 5.74) is 5.45. The predicted molar refractivity (Wildman–Crippen MR) is 59.0 cm³/mol. The summed E-state index contributed by atoms with van der Waals surface area (Å²) < 4.78 is 30.3. The minimum atomic E-state index is -3.18. The third-order valence-corrected chi connectivity index (χ3v) is 5.00. The molecule has 5 nitrogen and oxygen atoms in total. The van der Waals surface area contributed by atoms with Gasteiger partial charge in [0.2, 0.25) is 10.0 Å². The first-order valence-electron chi connectivity index (χ1n) is 5.21. The molecule has 0 aromatic rings. The summed E-state index contributed by atoms with van der Waals surface area (Å²) in [6.45, 7) is 3.39. The molecule has 0 amide bonds. The van der Waals surface area contributed by atoms with E-state index in [1.165, 1.54) is 4.31 Å². The summed E-state index contributed by atoms with van der Waals surface area (Å²) in [6.07, 6.45) is 0.837. The summed E-state index contributed by atoms with van der Waals surface area (Å²) in [6, 6.07) is -0.141. The Balaban J connectivity index is 2.57. The van der Waals surface area contributed by atoms with Crippen molar-refractivity contribution in [1.29, 1.82) is 0 Å². The fraction of sp³-hybridized carbons (Fsp3) is 1.00. The summed E-state index contributed by atoms with van der Waals surface area (Å²) in [5, 5.41) is 0. The Morgan fingerprint density at radius 3 is 2.73 bits per heavy atom. The van der Waals surface area contributed by atoms with Gasteiger partial charge in [-0.05, 0) is 19.3 Å². The Hall–Kier alpha value is -0.170. The van der Waals surface area contributed by atoms with Gasteiger partial charge in [0.25, 0.3) is 0 Å². The zero-order valence-corrected chi connectivity index (χ0v) is 10.2. The molecule has 90 valence electrons. The van der Waals surface area contributed by atoms with Crippen LogP contribution in [-0.2, 0) is 14.8 Å². The van der Waals surface area contributed by atoms with Gasteiger partial charge in [-0.3, -0.25) is 0 Å². The Kier molecular flexibility index (Phi) is 4.51. The van der Waals surface area contributed by atoms with Crippen LogP contribution in [0.2, 0.25) is 0 Å². The molecule has 1 rings (SSSR count). The van der Waals surface area contributed by atoms with Crippen molar-refractivity contribution >= 4 is 10.0 Å². The van der Waals surface area contributed by atoms with E-state index in [1.807, 2.05) is 6.92 Å². The molecule has 0 radical (unpaired) electrons. The standard InChI is InChI=1S/C9H20N2O3S/c1-8(5-10)11(2)15(12,13)7-9-3-4-14-6-9/h8-9H,3-7,10H2,1-2H3. The Morgan fingerprint density at radius 1 is 1.60 bits per heavy atom. The molecule has 1 saturated heterocycles. The molecule has 2 atom stereocenters. The van der Waals surface area contributed by atoms with Crippen LogP contribution >= 0.6 is 0 Å². The molecule has 15 heavy (non-hydrogen) atoms. The number of sulfonamides is 1. The minimum absolute atomic E-state index is 0.141. The van der Waals surface area contributed by atoms with Gasteiger partial charge >= 0.3 is 0 Å². The summed E-state index contributed by atoms with van der Waals surface area (Å²) >= 11 is 0. The topological polar surface area (TPSA) is 72.6 Å². The second-order valence-corrected chi connectivity index (χ2v) is 6.18. The number of ether oxygens (including phenoxy) is 1. The molecule has 2 unspecified atom stereocenters. The van der Waals surface area contributed by atoms with E-state index in [-0.39, 0.29) is 17.7 Å². The highest BCUT2D eigenvalue weighted by molar-refractivity contribution is 7.89. The van der Waals surface area contributed by atoms with E-state index in [0.717, 1.165) is 6.42 Å². The van der Waals surface area contributed by atoms with Crippen molar-refractivity contribution in [2.45, 2.75) is 19.4 Å². The SMILES string of the molecule is CC(CN)N(C)S(=O)(=O)CC1CCOC1. The molecule has 1 heterocycles. The summed E-state index contributed by atoms with van der Waals surface area (Å²) in [7, 11) is -1.60. The maximum absolute atomic E-state index is 11.9. The molecular weight excluding hydrogens is 216 g/mol. The average Bonchev–Trinajstić information content (AvgIpc) is 2.67. The maximum Gasteiger partial charge on any atom is 0.214 e. The lowest BCUT2D eigenvalue weighted by atomic mass is 10.2. The van der Waals surface area contributed by atoms with Crippen LogP contribution in [0.15, 0.2) is 0 Å². The molecule has 0 saturated carbocycles. The second-order valence-electron chi connectivity index (χ2n) is 4.11. The van der Waals surface area contributed by atoms with E-state index in [0.29, 0.717) is 19.8 Å². The number of hydrogen-bond acceptors (Lipinski definition) is 4. The second kappa shape index (κ2) is 5.25. The fourth-order valence-electron chi connectivity index (χ4n) is 1.55. The molecule has 0 bridgehead atoms. The average molecular weight is 236 g/mol. The quantitative estimate of drug-likeness (QED) is 0.707. The van der Waals surface area contributed by atoms with E-state index in [4.69, 9.17) is 10.5 Å². The van der Waals surface area contributed by atoms with Crippen LogP contribution in [0.1, 0.15) is 13.3 Å². The molecule has 2 N–H and O–H groups in total. The highest BCUT2D eigenvalue weighted by Crippen LogP contribution is 2.17. The smallest absolute Gasteiger partial charge is 0.214 e. The molecule has 0 aliphatic carbocycles. The maximum atomic E-state index is 11.9. The van der Waals surface area contributed by atoms with E-state index in [1.54, 1.807) is 7.05 Å². The molecule has 0 aromatic carbocycles. The Morgan fingerprint density at radius 2 is 2.27 bits per heavy atom. The van der Waals surface area contributed by atoms with Crippen LogP contribution in [0.4, 0.5) is 0 Å². The van der Waals surface area contributed by atoms with Crippen molar-refractivity contribution < 1.29 is 13.2 Å². The lowest BCUT2D eigenvalue weighted by Crippen LogP contribution is -2.42. The molecule has 1 aliphatic rings. The highest BCUT2D eigenvalue weighted by atomic mass is 32.2. The van der Waals surface area contributed by atoms with Crippen LogP contribution in [0.25, 0.3) is 0 Å². The highest BCUT2D eigenvalue weighted by Gasteiger charge is 2.28. The van der Waals surface area contributed by atoms with Gasteiger partial charge in [-0.15, -0.1) is 0 Å². The largest absolute Gasteiger partial charge is 0.381 e. The molecule has 1 aliphatic heterocycles. The predicted octanol–water partition coefficient (Wildman–Crippen LogP) is -0.368. The molecule has 6 heteroatoms. The Bertz CT molecular complexity index is 286. The van der Waals surface area contributed by atoms with Crippen LogP contribution in [-0.4, -0.2) is 51.3 Å². The first-order chi connectivity index (χ1) is 6.97. The zero-order valence-electron chi connectivity index (χ0n) is 9.35. The van der Waals surface area contributed by atoms with Gasteiger partial charge in [-0.1, -0.05) is 0 Å². The number of hydrogen-bond donors (Lipinski definition) is 1. The van der Waals surface area contributed by atoms with Crippen molar-refractivity contribution in [1.82, 2.24) is 4.31 Å². The first kappa shape index (κ1) is 12.9. The van der Waals surface area contributed by atoms with Gasteiger partial charge in [0, 0.05) is 26.2 Å². The third-order valence-electron chi connectivity index (χ3n) is 2.87. The Labute approximate surface area is 91.6 Å². The van der Waals surface area contributed by atoms with Crippen molar-refractivity contribution in [3.63, 3.8) is 0 Å². The van der Waals surface area contributed by atoms with Crippen molar-refractivity contribution in [2.24, 2.45) is 11.7 Å². The van der Waals surface area contributed by atoms with E-state index in [2.05, 4.69) is 0 Å². The van der Waals surface area contributed by atoms with Gasteiger partial charge in [-0.25, -0.2) is 12.7 Å². The van der Waals surface area contributed by atoms with Crippen molar-refractivity contribution in [2.75, 3.05) is 32.6 Å². The van der Waals surface area contributed by atoms with E-state index >= 15 is 0 Å². The third kappa shape index (κ3) is 3.41. The lowest BCUT2D eigenvalue weighted by Gasteiger charge is -2.24. The molecule has 0 spiro atoms. The van der Waals surface area contributed by atoms with Gasteiger partial charge in [-0.2, -0.15) is 0 Å². The van der Waals surface area contributed by atoms with Gasteiger partial charge < -0.3 is 10.5 Å². The summed E-state index contributed by atoms with van der Waals surface area (Å²) in [5.74, 6) is 0.316. The fourth-order valence-corrected chi connectivity index (χ4v) is 3.28. The number of rotatable bonds is 5. The number of likely N-dealkylation sites (N-methyl/N-ethyl adjacent to an activating group) is 1. The zero-order chi connectivity index (χ0) is 11.5. The molecule has 1 fully saturated rings. The minimum Gasteiger partial charge on any atom is -0.381 e. The van der Waals surface area contributed by atoms with Crippen LogP contribution in [0.5, 0.6) is 0 Å². The number of nitrogens with zero attached hydrogens (tertiary/aromatic N) is 1. The van der Waals surface area contributed by atoms with Gasteiger partial charge in [0.05, 0.1) is 12.4 Å². The van der Waals surface area contributed by atoms with Crippen molar-refractivity contribution in [3.05, 3.63) is 0 Å².